The Bertz CT molecular complexity index is 1140. The van der Waals surface area contributed by atoms with Crippen molar-refractivity contribution >= 4 is 23.6 Å². The molecule has 9 heteroatoms. The number of nitrogens with zero attached hydrogens (tertiary/aromatic N) is 5. The summed E-state index contributed by atoms with van der Waals surface area (Å²) in [6.45, 7) is 4.90. The molecule has 0 unspecified atom stereocenters. The van der Waals surface area contributed by atoms with E-state index in [1.807, 2.05) is 24.3 Å². The van der Waals surface area contributed by atoms with Crippen LogP contribution in [0.3, 0.4) is 0 Å². The fourth-order valence-electron chi connectivity index (χ4n) is 4.19. The SMILES string of the molecule is Cc1ccc(-n2c(SCC(=O)N(C)C[C@H]3COc4ccccc4O3)nnc2N2CCCC2)cc1. The number of benzene rings is 2. The molecule has 0 N–H and O–H groups in total. The van der Waals surface area contributed by atoms with Gasteiger partial charge in [-0.2, -0.15) is 0 Å². The molecule has 2 aromatic carbocycles. The first-order valence-electron chi connectivity index (χ1n) is 11.6. The molecule has 0 bridgehead atoms. The van der Waals surface area contributed by atoms with Crippen LogP contribution in [0, 0.1) is 6.92 Å². The number of carbonyl (C=O) groups is 1. The monoisotopic (exact) mass is 479 g/mol. The number of carbonyl (C=O) groups excluding carboxylic acids is 1. The first kappa shape index (κ1) is 22.6. The summed E-state index contributed by atoms with van der Waals surface area (Å²) >= 11 is 1.41. The third-order valence-electron chi connectivity index (χ3n) is 6.09. The maximum absolute atomic E-state index is 12.9. The lowest BCUT2D eigenvalue weighted by molar-refractivity contribution is -0.128. The lowest BCUT2D eigenvalue weighted by Gasteiger charge is -2.29. The molecule has 0 spiro atoms. The molecular formula is C25H29N5O3S. The lowest BCUT2D eigenvalue weighted by atomic mass is 10.2. The van der Waals surface area contributed by atoms with E-state index < -0.39 is 0 Å². The second kappa shape index (κ2) is 9.97. The molecule has 1 atom stereocenters. The third kappa shape index (κ3) is 4.84. The maximum Gasteiger partial charge on any atom is 0.232 e. The molecule has 3 heterocycles. The van der Waals surface area contributed by atoms with Crippen LogP contribution in [0.25, 0.3) is 5.69 Å². The van der Waals surface area contributed by atoms with E-state index in [1.165, 1.54) is 17.3 Å². The Morgan fingerprint density at radius 2 is 1.82 bits per heavy atom. The van der Waals surface area contributed by atoms with Crippen LogP contribution in [0.1, 0.15) is 18.4 Å². The molecule has 2 aliphatic rings. The number of anilines is 1. The van der Waals surface area contributed by atoms with Crippen LogP contribution in [0.4, 0.5) is 5.95 Å². The van der Waals surface area contributed by atoms with Crippen molar-refractivity contribution in [3.05, 3.63) is 54.1 Å². The van der Waals surface area contributed by atoms with E-state index >= 15 is 0 Å². The molecule has 1 fully saturated rings. The van der Waals surface area contributed by atoms with Crippen LogP contribution in [0.2, 0.25) is 0 Å². The Balaban J connectivity index is 1.25. The molecule has 5 rings (SSSR count). The standard InChI is InChI=1S/C25H29N5O3S/c1-18-9-11-19(12-10-18)30-24(29-13-5-6-14-29)26-27-25(30)34-17-23(31)28(2)15-20-16-32-21-7-3-4-8-22(21)33-20/h3-4,7-12,20H,5-6,13-17H2,1-2H3/t20-/m0/s1. The van der Waals surface area contributed by atoms with Crippen molar-refractivity contribution in [2.75, 3.05) is 43.9 Å². The van der Waals surface area contributed by atoms with E-state index in [0.29, 0.717) is 13.2 Å². The highest BCUT2D eigenvalue weighted by molar-refractivity contribution is 7.99. The predicted octanol–water partition coefficient (Wildman–Crippen LogP) is 3.57. The van der Waals surface area contributed by atoms with Gasteiger partial charge in [-0.25, -0.2) is 0 Å². The van der Waals surface area contributed by atoms with Gasteiger partial charge in [0.2, 0.25) is 11.9 Å². The number of thioether (sulfide) groups is 1. The molecule has 2 aliphatic heterocycles. The fraction of sp³-hybridized carbons (Fsp3) is 0.400. The number of para-hydroxylation sites is 2. The van der Waals surface area contributed by atoms with E-state index in [1.54, 1.807) is 11.9 Å². The van der Waals surface area contributed by atoms with Crippen molar-refractivity contribution in [3.63, 3.8) is 0 Å². The van der Waals surface area contributed by atoms with Gasteiger partial charge in [-0.3, -0.25) is 9.36 Å². The van der Waals surface area contributed by atoms with Crippen LogP contribution in [-0.2, 0) is 4.79 Å². The fourth-order valence-corrected chi connectivity index (χ4v) is 5.08. The van der Waals surface area contributed by atoms with E-state index in [0.717, 1.165) is 54.2 Å². The van der Waals surface area contributed by atoms with Crippen molar-refractivity contribution in [3.8, 4) is 17.2 Å². The summed E-state index contributed by atoms with van der Waals surface area (Å²) in [5.41, 5.74) is 2.20. The minimum atomic E-state index is -0.202. The Hall–Kier alpha value is -3.20. The molecular weight excluding hydrogens is 450 g/mol. The quantitative estimate of drug-likeness (QED) is 0.480. The van der Waals surface area contributed by atoms with Crippen molar-refractivity contribution in [1.82, 2.24) is 19.7 Å². The number of aryl methyl sites for hydroxylation is 1. The van der Waals surface area contributed by atoms with E-state index in [9.17, 15) is 4.79 Å². The summed E-state index contributed by atoms with van der Waals surface area (Å²) < 4.78 is 13.8. The Morgan fingerprint density at radius 1 is 1.09 bits per heavy atom. The smallest absolute Gasteiger partial charge is 0.232 e. The van der Waals surface area contributed by atoms with Crippen LogP contribution >= 0.6 is 11.8 Å². The first-order chi connectivity index (χ1) is 16.6. The normalized spacial score (nSPS) is 17.1. The van der Waals surface area contributed by atoms with E-state index in [2.05, 4.69) is 50.9 Å². The topological polar surface area (TPSA) is 72.7 Å². The number of hydrogen-bond acceptors (Lipinski definition) is 7. The summed E-state index contributed by atoms with van der Waals surface area (Å²) in [6.07, 6.45) is 2.11. The van der Waals surface area contributed by atoms with E-state index in [-0.39, 0.29) is 17.8 Å². The summed E-state index contributed by atoms with van der Waals surface area (Å²) in [4.78, 5) is 16.9. The molecule has 3 aromatic rings. The van der Waals surface area contributed by atoms with Gasteiger partial charge in [0.25, 0.3) is 0 Å². The van der Waals surface area contributed by atoms with Gasteiger partial charge in [0, 0.05) is 20.1 Å². The van der Waals surface area contributed by atoms with Crippen molar-refractivity contribution in [2.24, 2.45) is 0 Å². The zero-order valence-electron chi connectivity index (χ0n) is 19.5. The summed E-state index contributed by atoms with van der Waals surface area (Å²) in [5, 5.41) is 9.66. The minimum Gasteiger partial charge on any atom is -0.486 e. The van der Waals surface area contributed by atoms with Crippen LogP contribution in [0.15, 0.2) is 53.7 Å². The zero-order valence-corrected chi connectivity index (χ0v) is 20.3. The average molecular weight is 480 g/mol. The van der Waals surface area contributed by atoms with Gasteiger partial charge in [0.15, 0.2) is 22.8 Å². The molecule has 1 amide bonds. The second-order valence-corrected chi connectivity index (χ2v) is 9.65. The summed E-state index contributed by atoms with van der Waals surface area (Å²) in [5.74, 6) is 2.58. The highest BCUT2D eigenvalue weighted by Crippen LogP contribution is 2.31. The Kier molecular flexibility index (Phi) is 6.62. The number of hydrogen-bond donors (Lipinski definition) is 0. The first-order valence-corrected chi connectivity index (χ1v) is 12.6. The van der Waals surface area contributed by atoms with Gasteiger partial charge in [0.05, 0.1) is 18.0 Å². The summed E-state index contributed by atoms with van der Waals surface area (Å²) in [6, 6.07) is 15.9. The van der Waals surface area contributed by atoms with E-state index in [4.69, 9.17) is 9.47 Å². The summed E-state index contributed by atoms with van der Waals surface area (Å²) in [7, 11) is 1.80. The highest BCUT2D eigenvalue weighted by Gasteiger charge is 2.26. The Labute approximate surface area is 203 Å². The molecule has 0 aliphatic carbocycles. The maximum atomic E-state index is 12.9. The van der Waals surface area contributed by atoms with Crippen LogP contribution in [0.5, 0.6) is 11.5 Å². The Morgan fingerprint density at radius 3 is 2.59 bits per heavy atom. The average Bonchev–Trinajstić information content (AvgIpc) is 3.53. The number of amides is 1. The largest absolute Gasteiger partial charge is 0.486 e. The second-order valence-electron chi connectivity index (χ2n) is 8.71. The minimum absolute atomic E-state index is 0.00800. The number of likely N-dealkylation sites (N-methyl/N-ethyl adjacent to an activating group) is 1. The molecule has 8 nitrogen and oxygen atoms in total. The predicted molar refractivity (Wildman–Crippen MR) is 132 cm³/mol. The number of ether oxygens (including phenoxy) is 2. The molecule has 0 saturated carbocycles. The molecule has 1 aromatic heterocycles. The van der Waals surface area contributed by atoms with Crippen LogP contribution in [-0.4, -0.2) is 70.7 Å². The molecule has 34 heavy (non-hydrogen) atoms. The van der Waals surface area contributed by atoms with Gasteiger partial charge in [0.1, 0.15) is 6.61 Å². The molecule has 0 radical (unpaired) electrons. The molecule has 1 saturated heterocycles. The molecule has 178 valence electrons. The number of fused-ring (bicyclic) bond motifs is 1. The lowest BCUT2D eigenvalue weighted by Crippen LogP contribution is -2.42. The van der Waals surface area contributed by atoms with Gasteiger partial charge < -0.3 is 19.3 Å². The van der Waals surface area contributed by atoms with Crippen molar-refractivity contribution in [1.29, 1.82) is 0 Å². The number of aromatic nitrogens is 3. The number of rotatable bonds is 7. The van der Waals surface area contributed by atoms with Crippen molar-refractivity contribution < 1.29 is 14.3 Å². The van der Waals surface area contributed by atoms with Gasteiger partial charge >= 0.3 is 0 Å². The van der Waals surface area contributed by atoms with Crippen molar-refractivity contribution in [2.45, 2.75) is 31.0 Å². The van der Waals surface area contributed by atoms with Crippen LogP contribution < -0.4 is 14.4 Å². The third-order valence-corrected chi connectivity index (χ3v) is 7.01. The van der Waals surface area contributed by atoms with Gasteiger partial charge in [-0.1, -0.05) is 41.6 Å². The van der Waals surface area contributed by atoms with Gasteiger partial charge in [-0.15, -0.1) is 10.2 Å². The van der Waals surface area contributed by atoms with Gasteiger partial charge in [-0.05, 0) is 44.0 Å². The highest BCUT2D eigenvalue weighted by atomic mass is 32.2. The zero-order chi connectivity index (χ0) is 23.5.